The van der Waals surface area contributed by atoms with Gasteiger partial charge in [0, 0.05) is 6.42 Å². The lowest BCUT2D eigenvalue weighted by Gasteiger charge is -2.56. The Labute approximate surface area is 154 Å². The molecule has 0 unspecified atom stereocenters. The molecule has 0 saturated heterocycles. The predicted molar refractivity (Wildman–Crippen MR) is 98.5 cm³/mol. The molecule has 1 aromatic carbocycles. The maximum absolute atomic E-state index is 12.4. The minimum absolute atomic E-state index is 0.354. The van der Waals surface area contributed by atoms with Crippen LogP contribution in [0, 0.1) is 17.3 Å². The van der Waals surface area contributed by atoms with Crippen LogP contribution in [-0.2, 0) is 11.3 Å². The largest absolute Gasteiger partial charge is 0.461 e. The van der Waals surface area contributed by atoms with Gasteiger partial charge in [-0.3, -0.25) is 0 Å². The summed E-state index contributed by atoms with van der Waals surface area (Å²) in [5.74, 6) is 1.13. The number of hydrogen-bond acceptors (Lipinski definition) is 4. The van der Waals surface area contributed by atoms with Crippen molar-refractivity contribution in [2.24, 2.45) is 17.3 Å². The van der Waals surface area contributed by atoms with Gasteiger partial charge in [0.25, 0.3) is 0 Å². The summed E-state index contributed by atoms with van der Waals surface area (Å²) in [7, 11) is 0. The molecule has 2 aromatic rings. The molecule has 0 N–H and O–H groups in total. The average Bonchev–Trinajstić information content (AvgIpc) is 3.10. The van der Waals surface area contributed by atoms with Crippen LogP contribution in [0.15, 0.2) is 48.2 Å². The van der Waals surface area contributed by atoms with Gasteiger partial charge in [0.2, 0.25) is 0 Å². The predicted octanol–water partition coefficient (Wildman–Crippen LogP) is 3.87. The fraction of sp³-hybridized carbons (Fsp3) is 0.476. The molecule has 1 fully saturated rings. The topological polar surface area (TPSA) is 57.0 Å². The van der Waals surface area contributed by atoms with E-state index in [1.165, 1.54) is 24.6 Å². The Morgan fingerprint density at radius 2 is 2.12 bits per heavy atom. The van der Waals surface area contributed by atoms with Crippen LogP contribution in [0.25, 0.3) is 0 Å². The van der Waals surface area contributed by atoms with Gasteiger partial charge in [-0.25, -0.2) is 9.48 Å². The molecule has 26 heavy (non-hydrogen) atoms. The van der Waals surface area contributed by atoms with Gasteiger partial charge in [0.05, 0.1) is 19.3 Å². The Balaban J connectivity index is 1.33. The lowest BCUT2D eigenvalue weighted by molar-refractivity contribution is -0.0103. The molecule has 1 heterocycles. The zero-order valence-corrected chi connectivity index (χ0v) is 15.4. The van der Waals surface area contributed by atoms with Crippen LogP contribution in [0.3, 0.4) is 0 Å². The highest BCUT2D eigenvalue weighted by atomic mass is 16.5. The zero-order valence-electron chi connectivity index (χ0n) is 15.4. The van der Waals surface area contributed by atoms with Crippen molar-refractivity contribution in [1.29, 1.82) is 0 Å². The Morgan fingerprint density at radius 1 is 1.31 bits per heavy atom. The number of esters is 1. The minimum atomic E-state index is -0.354. The summed E-state index contributed by atoms with van der Waals surface area (Å²) >= 11 is 0. The van der Waals surface area contributed by atoms with Gasteiger partial charge in [-0.15, -0.1) is 5.10 Å². The fourth-order valence-corrected chi connectivity index (χ4v) is 4.38. The molecule has 2 bridgehead atoms. The van der Waals surface area contributed by atoms with Gasteiger partial charge in [0.1, 0.15) is 0 Å². The second-order valence-electron chi connectivity index (χ2n) is 7.97. The molecule has 5 heteroatoms. The molecule has 5 nitrogen and oxygen atoms in total. The molecular formula is C21H25N3O2. The Hall–Kier alpha value is -2.43. The van der Waals surface area contributed by atoms with Crippen LogP contribution >= 0.6 is 0 Å². The number of allylic oxidation sites excluding steroid dienone is 1. The summed E-state index contributed by atoms with van der Waals surface area (Å²) in [5.41, 5.74) is 3.34. The number of carbonyl (C=O) groups excluding carboxylic acids is 1. The van der Waals surface area contributed by atoms with Gasteiger partial charge in [-0.2, -0.15) is 0 Å². The van der Waals surface area contributed by atoms with E-state index in [0.717, 1.165) is 17.9 Å². The van der Waals surface area contributed by atoms with E-state index in [1.54, 1.807) is 4.68 Å². The number of benzene rings is 1. The van der Waals surface area contributed by atoms with E-state index in [1.807, 2.05) is 30.3 Å². The van der Waals surface area contributed by atoms with Gasteiger partial charge in [0.15, 0.2) is 5.69 Å². The van der Waals surface area contributed by atoms with Crippen LogP contribution < -0.4 is 0 Å². The maximum Gasteiger partial charge on any atom is 0.358 e. The third kappa shape index (κ3) is 3.06. The van der Waals surface area contributed by atoms with Crippen LogP contribution in [0.4, 0.5) is 0 Å². The lowest BCUT2D eigenvalue weighted by Crippen LogP contribution is -2.48. The maximum atomic E-state index is 12.4. The molecule has 0 spiro atoms. The van der Waals surface area contributed by atoms with Crippen molar-refractivity contribution >= 4 is 5.97 Å². The first-order valence-corrected chi connectivity index (χ1v) is 9.34. The number of hydrogen-bond donors (Lipinski definition) is 0. The van der Waals surface area contributed by atoms with Crippen molar-refractivity contribution in [2.45, 2.75) is 39.7 Å². The third-order valence-electron chi connectivity index (χ3n) is 6.21. The molecule has 2 atom stereocenters. The van der Waals surface area contributed by atoms with Gasteiger partial charge in [-0.05, 0) is 35.7 Å². The standard InChI is InChI=1S/C21H25N3O2/c1-21(2)17-9-8-16(18(21)12-17)10-11-26-20(25)19-13-22-23-24(19)14-15-6-4-3-5-7-15/h3-8,13,17-18H,9-12,14H2,1-2H3/t17-,18-/m0/s1. The number of ether oxygens (including phenoxy) is 1. The van der Waals surface area contributed by atoms with E-state index in [0.29, 0.717) is 30.2 Å². The minimum Gasteiger partial charge on any atom is -0.461 e. The number of rotatable bonds is 6. The van der Waals surface area contributed by atoms with Crippen molar-refractivity contribution in [3.63, 3.8) is 0 Å². The molecule has 0 amide bonds. The number of aromatic nitrogens is 3. The summed E-state index contributed by atoms with van der Waals surface area (Å²) in [6.45, 7) is 5.64. The van der Waals surface area contributed by atoms with E-state index in [2.05, 4.69) is 30.2 Å². The second-order valence-corrected chi connectivity index (χ2v) is 7.97. The summed E-state index contributed by atoms with van der Waals surface area (Å²) in [5, 5.41) is 7.90. The summed E-state index contributed by atoms with van der Waals surface area (Å²) < 4.78 is 7.12. The molecule has 0 aliphatic heterocycles. The molecule has 1 aromatic heterocycles. The average molecular weight is 351 g/mol. The first-order valence-electron chi connectivity index (χ1n) is 9.34. The zero-order chi connectivity index (χ0) is 18.1. The molecule has 5 rings (SSSR count). The Bertz CT molecular complexity index is 823. The quantitative estimate of drug-likeness (QED) is 0.586. The van der Waals surface area contributed by atoms with Crippen molar-refractivity contribution < 1.29 is 9.53 Å². The van der Waals surface area contributed by atoms with Crippen molar-refractivity contribution in [3.05, 3.63) is 59.4 Å². The van der Waals surface area contributed by atoms with Crippen molar-refractivity contribution in [2.75, 3.05) is 6.61 Å². The molecule has 3 aliphatic carbocycles. The second kappa shape index (κ2) is 6.71. The first-order chi connectivity index (χ1) is 12.6. The van der Waals surface area contributed by atoms with E-state index in [9.17, 15) is 4.79 Å². The monoisotopic (exact) mass is 351 g/mol. The molecule has 1 saturated carbocycles. The van der Waals surface area contributed by atoms with E-state index >= 15 is 0 Å². The normalized spacial score (nSPS) is 23.1. The van der Waals surface area contributed by atoms with Crippen LogP contribution in [0.5, 0.6) is 0 Å². The highest BCUT2D eigenvalue weighted by Gasteiger charge is 2.50. The van der Waals surface area contributed by atoms with Crippen LogP contribution in [0.2, 0.25) is 0 Å². The Kier molecular flexibility index (Phi) is 4.39. The van der Waals surface area contributed by atoms with Crippen molar-refractivity contribution in [1.82, 2.24) is 15.0 Å². The molecular weight excluding hydrogens is 326 g/mol. The fourth-order valence-electron chi connectivity index (χ4n) is 4.38. The highest BCUT2D eigenvalue weighted by molar-refractivity contribution is 5.87. The van der Waals surface area contributed by atoms with Gasteiger partial charge in [-0.1, -0.05) is 61.0 Å². The van der Waals surface area contributed by atoms with Crippen LogP contribution in [-0.4, -0.2) is 27.6 Å². The highest BCUT2D eigenvalue weighted by Crippen LogP contribution is 2.59. The van der Waals surface area contributed by atoms with Crippen molar-refractivity contribution in [3.8, 4) is 0 Å². The number of fused-ring (bicyclic) bond motifs is 1. The third-order valence-corrected chi connectivity index (χ3v) is 6.21. The number of nitrogens with zero attached hydrogens (tertiary/aromatic N) is 3. The van der Waals surface area contributed by atoms with E-state index in [4.69, 9.17) is 4.74 Å². The molecule has 3 aliphatic rings. The molecule has 0 radical (unpaired) electrons. The summed E-state index contributed by atoms with van der Waals surface area (Å²) in [6.07, 6.45) is 7.12. The summed E-state index contributed by atoms with van der Waals surface area (Å²) in [6, 6.07) is 9.90. The smallest absolute Gasteiger partial charge is 0.358 e. The lowest BCUT2D eigenvalue weighted by atomic mass is 9.48. The van der Waals surface area contributed by atoms with Gasteiger partial charge >= 0.3 is 5.97 Å². The number of carbonyl (C=O) groups is 1. The summed E-state index contributed by atoms with van der Waals surface area (Å²) in [4.78, 5) is 12.4. The first kappa shape index (κ1) is 17.0. The van der Waals surface area contributed by atoms with Gasteiger partial charge < -0.3 is 4.74 Å². The molecule has 136 valence electrons. The van der Waals surface area contributed by atoms with E-state index in [-0.39, 0.29) is 5.97 Å². The van der Waals surface area contributed by atoms with E-state index < -0.39 is 0 Å². The van der Waals surface area contributed by atoms with Crippen LogP contribution in [0.1, 0.15) is 49.2 Å². The Morgan fingerprint density at radius 3 is 2.85 bits per heavy atom. The SMILES string of the molecule is CC1(C)[C@H]2CC=C(CCOC(=O)c3cnnn3Cc3ccccc3)[C@@H]1C2.